The van der Waals surface area contributed by atoms with Gasteiger partial charge in [0.1, 0.15) is 0 Å². The van der Waals surface area contributed by atoms with Gasteiger partial charge >= 0.3 is 5.97 Å². The van der Waals surface area contributed by atoms with Crippen molar-refractivity contribution in [3.63, 3.8) is 0 Å². The minimum Gasteiger partial charge on any atom is -0.469 e. The van der Waals surface area contributed by atoms with Gasteiger partial charge in [0.25, 0.3) is 0 Å². The minimum atomic E-state index is -0.164. The molecule has 2 atom stereocenters. The standard InChI is InChI=1S/C14H22N2O2S/c1-18-14(17)9-12(13-6-4-8-19-13)16-10-11-5-2-3-7-15-11/h4,6,8,11-12,15-16H,2-3,5,7,9-10H2,1H3. The van der Waals surface area contributed by atoms with Gasteiger partial charge < -0.3 is 15.4 Å². The zero-order valence-corrected chi connectivity index (χ0v) is 12.2. The summed E-state index contributed by atoms with van der Waals surface area (Å²) in [5, 5.41) is 9.06. The summed E-state index contributed by atoms with van der Waals surface area (Å²) >= 11 is 1.68. The summed E-state index contributed by atoms with van der Waals surface area (Å²) in [4.78, 5) is 12.7. The van der Waals surface area contributed by atoms with Crippen LogP contribution in [-0.4, -0.2) is 32.2 Å². The Labute approximate surface area is 118 Å². The molecule has 2 N–H and O–H groups in total. The Morgan fingerprint density at radius 2 is 2.53 bits per heavy atom. The van der Waals surface area contributed by atoms with E-state index in [0.29, 0.717) is 12.5 Å². The topological polar surface area (TPSA) is 50.4 Å². The van der Waals surface area contributed by atoms with Crippen LogP contribution >= 0.6 is 11.3 Å². The maximum atomic E-state index is 11.5. The number of nitrogens with one attached hydrogen (secondary N) is 2. The van der Waals surface area contributed by atoms with Crippen molar-refractivity contribution in [1.29, 1.82) is 0 Å². The summed E-state index contributed by atoms with van der Waals surface area (Å²) in [6.07, 6.45) is 4.17. The van der Waals surface area contributed by atoms with Crippen LogP contribution in [0.1, 0.15) is 36.6 Å². The molecule has 0 aromatic carbocycles. The number of thiophene rings is 1. The molecular formula is C14H22N2O2S. The minimum absolute atomic E-state index is 0.0659. The average Bonchev–Trinajstić information content (AvgIpc) is 2.98. The highest BCUT2D eigenvalue weighted by atomic mass is 32.1. The molecule has 1 fully saturated rings. The van der Waals surface area contributed by atoms with Gasteiger partial charge in [-0.15, -0.1) is 11.3 Å². The maximum Gasteiger partial charge on any atom is 0.307 e. The van der Waals surface area contributed by atoms with Crippen molar-refractivity contribution < 1.29 is 9.53 Å². The number of ether oxygens (including phenoxy) is 1. The van der Waals surface area contributed by atoms with Crippen LogP contribution in [0.3, 0.4) is 0 Å². The predicted octanol–water partition coefficient (Wildman–Crippen LogP) is 2.08. The van der Waals surface area contributed by atoms with Crippen molar-refractivity contribution >= 4 is 17.3 Å². The second-order valence-electron chi connectivity index (χ2n) is 4.90. The van der Waals surface area contributed by atoms with Gasteiger partial charge in [0.05, 0.1) is 19.6 Å². The number of carbonyl (C=O) groups is 1. The summed E-state index contributed by atoms with van der Waals surface area (Å²) in [5.74, 6) is -0.164. The zero-order chi connectivity index (χ0) is 13.5. The molecular weight excluding hydrogens is 260 g/mol. The molecule has 1 aliphatic heterocycles. The number of esters is 1. The van der Waals surface area contributed by atoms with E-state index in [0.717, 1.165) is 13.1 Å². The highest BCUT2D eigenvalue weighted by molar-refractivity contribution is 7.10. The molecule has 2 unspecified atom stereocenters. The molecule has 0 amide bonds. The monoisotopic (exact) mass is 282 g/mol. The molecule has 5 heteroatoms. The van der Waals surface area contributed by atoms with Crippen LogP contribution in [0, 0.1) is 0 Å². The van der Waals surface area contributed by atoms with E-state index in [2.05, 4.69) is 16.7 Å². The van der Waals surface area contributed by atoms with E-state index in [-0.39, 0.29) is 12.0 Å². The zero-order valence-electron chi connectivity index (χ0n) is 11.4. The van der Waals surface area contributed by atoms with Crippen LogP contribution in [0.2, 0.25) is 0 Å². The number of piperidine rings is 1. The average molecular weight is 282 g/mol. The SMILES string of the molecule is COC(=O)CC(NCC1CCCCN1)c1cccs1. The summed E-state index contributed by atoms with van der Waals surface area (Å²) in [5.41, 5.74) is 0. The first-order valence-corrected chi connectivity index (χ1v) is 7.74. The highest BCUT2D eigenvalue weighted by Crippen LogP contribution is 2.22. The van der Waals surface area contributed by atoms with Gasteiger partial charge in [0, 0.05) is 17.5 Å². The highest BCUT2D eigenvalue weighted by Gasteiger charge is 2.19. The van der Waals surface area contributed by atoms with Crippen molar-refractivity contribution in [2.75, 3.05) is 20.2 Å². The Balaban J connectivity index is 1.87. The first kappa shape index (κ1) is 14.5. The molecule has 19 heavy (non-hydrogen) atoms. The van der Waals surface area contributed by atoms with Crippen LogP contribution in [-0.2, 0) is 9.53 Å². The van der Waals surface area contributed by atoms with Crippen molar-refractivity contribution in [3.8, 4) is 0 Å². The second kappa shape index (κ2) is 7.62. The van der Waals surface area contributed by atoms with Gasteiger partial charge in [0.15, 0.2) is 0 Å². The van der Waals surface area contributed by atoms with E-state index in [1.807, 2.05) is 11.4 Å². The van der Waals surface area contributed by atoms with Crippen LogP contribution in [0.5, 0.6) is 0 Å². The van der Waals surface area contributed by atoms with Gasteiger partial charge in [0.2, 0.25) is 0 Å². The quantitative estimate of drug-likeness (QED) is 0.784. The van der Waals surface area contributed by atoms with Crippen LogP contribution < -0.4 is 10.6 Å². The molecule has 2 heterocycles. The summed E-state index contributed by atoms with van der Waals surface area (Å²) in [6, 6.07) is 4.68. The van der Waals surface area contributed by atoms with Gasteiger partial charge in [-0.05, 0) is 30.8 Å². The molecule has 106 valence electrons. The normalized spacial score (nSPS) is 21.0. The Bertz CT molecular complexity index is 375. The fourth-order valence-electron chi connectivity index (χ4n) is 2.40. The van der Waals surface area contributed by atoms with Gasteiger partial charge in [-0.3, -0.25) is 4.79 Å². The molecule has 1 aliphatic rings. The van der Waals surface area contributed by atoms with E-state index in [1.54, 1.807) is 11.3 Å². The van der Waals surface area contributed by atoms with E-state index in [1.165, 1.54) is 31.2 Å². The number of methoxy groups -OCH3 is 1. The molecule has 0 aliphatic carbocycles. The van der Waals surface area contributed by atoms with E-state index in [4.69, 9.17) is 4.74 Å². The van der Waals surface area contributed by atoms with Crippen molar-refractivity contribution in [2.45, 2.75) is 37.8 Å². The number of carbonyl (C=O) groups excluding carboxylic acids is 1. The maximum absolute atomic E-state index is 11.5. The molecule has 1 aromatic heterocycles. The van der Waals surface area contributed by atoms with Crippen LogP contribution in [0.25, 0.3) is 0 Å². The number of hydrogen-bond donors (Lipinski definition) is 2. The molecule has 2 rings (SSSR count). The Morgan fingerprint density at radius 1 is 1.63 bits per heavy atom. The molecule has 0 spiro atoms. The van der Waals surface area contributed by atoms with Gasteiger partial charge in [-0.1, -0.05) is 12.5 Å². The molecule has 1 aromatic rings. The van der Waals surface area contributed by atoms with Crippen molar-refractivity contribution in [3.05, 3.63) is 22.4 Å². The lowest BCUT2D eigenvalue weighted by molar-refractivity contribution is -0.141. The van der Waals surface area contributed by atoms with Crippen LogP contribution in [0.15, 0.2) is 17.5 Å². The Hall–Kier alpha value is -0.910. The third kappa shape index (κ3) is 4.60. The fourth-order valence-corrected chi connectivity index (χ4v) is 3.20. The lowest BCUT2D eigenvalue weighted by atomic mass is 10.0. The summed E-state index contributed by atoms with van der Waals surface area (Å²) in [7, 11) is 1.44. The van der Waals surface area contributed by atoms with E-state index < -0.39 is 0 Å². The van der Waals surface area contributed by atoms with Gasteiger partial charge in [-0.2, -0.15) is 0 Å². The van der Waals surface area contributed by atoms with Crippen molar-refractivity contribution in [1.82, 2.24) is 10.6 Å². The second-order valence-corrected chi connectivity index (χ2v) is 5.88. The van der Waals surface area contributed by atoms with E-state index >= 15 is 0 Å². The van der Waals surface area contributed by atoms with Crippen molar-refractivity contribution in [2.24, 2.45) is 0 Å². The fraction of sp³-hybridized carbons (Fsp3) is 0.643. The summed E-state index contributed by atoms with van der Waals surface area (Å²) < 4.78 is 4.78. The van der Waals surface area contributed by atoms with E-state index in [9.17, 15) is 4.79 Å². The third-order valence-corrected chi connectivity index (χ3v) is 4.49. The predicted molar refractivity (Wildman–Crippen MR) is 77.3 cm³/mol. The smallest absolute Gasteiger partial charge is 0.307 e. The first-order valence-electron chi connectivity index (χ1n) is 6.86. The lowest BCUT2D eigenvalue weighted by Crippen LogP contribution is -2.42. The number of hydrogen-bond acceptors (Lipinski definition) is 5. The molecule has 0 radical (unpaired) electrons. The summed E-state index contributed by atoms with van der Waals surface area (Å²) in [6.45, 7) is 2.01. The lowest BCUT2D eigenvalue weighted by Gasteiger charge is -2.26. The Kier molecular flexibility index (Phi) is 5.82. The largest absolute Gasteiger partial charge is 0.469 e. The first-order chi connectivity index (χ1) is 9.29. The third-order valence-electron chi connectivity index (χ3n) is 3.51. The number of rotatable bonds is 6. The molecule has 1 saturated heterocycles. The Morgan fingerprint density at radius 3 is 3.16 bits per heavy atom. The van der Waals surface area contributed by atoms with Gasteiger partial charge in [-0.25, -0.2) is 0 Å². The molecule has 4 nitrogen and oxygen atoms in total. The molecule has 0 bridgehead atoms. The molecule has 0 saturated carbocycles. The van der Waals surface area contributed by atoms with Crippen LogP contribution in [0.4, 0.5) is 0 Å².